The third-order valence-electron chi connectivity index (χ3n) is 5.79. The largest absolute Gasteiger partial charge is 0.490 e. The molecule has 1 saturated heterocycles. The van der Waals surface area contributed by atoms with Gasteiger partial charge >= 0.3 is 12.1 Å². The standard InChI is InChI=1S/C23H25N5O.C2HF3O2/c1-2-5-18(6-3-1)13-24-21-8-9-22-25-23(26-28(22)16-21)20-7-4-11-27(15-20)14-19-10-12-29-17-19;3-2(4,5)1(6)7/h1-3,5-6,8-10,12,16-17,20,24H,4,7,11,13-15H2;(H,6,7). The van der Waals surface area contributed by atoms with E-state index in [9.17, 15) is 13.2 Å². The van der Waals surface area contributed by atoms with E-state index in [0.717, 1.165) is 49.8 Å². The lowest BCUT2D eigenvalue weighted by atomic mass is 9.97. The van der Waals surface area contributed by atoms with E-state index in [4.69, 9.17) is 24.4 Å². The summed E-state index contributed by atoms with van der Waals surface area (Å²) in [6.45, 7) is 3.82. The number of nitrogens with zero attached hydrogens (tertiary/aromatic N) is 4. The zero-order valence-corrected chi connectivity index (χ0v) is 19.4. The number of hydrogen-bond donors (Lipinski definition) is 2. The van der Waals surface area contributed by atoms with Crippen LogP contribution in [0.3, 0.4) is 0 Å². The number of fused-ring (bicyclic) bond motifs is 1. The molecule has 8 nitrogen and oxygen atoms in total. The van der Waals surface area contributed by atoms with Crippen molar-refractivity contribution in [2.24, 2.45) is 0 Å². The van der Waals surface area contributed by atoms with Gasteiger partial charge in [-0.15, -0.1) is 0 Å². The number of halogens is 3. The van der Waals surface area contributed by atoms with Crippen molar-refractivity contribution in [3.63, 3.8) is 0 Å². The molecule has 0 amide bonds. The third-order valence-corrected chi connectivity index (χ3v) is 5.79. The Morgan fingerprint density at radius 2 is 1.92 bits per heavy atom. The Morgan fingerprint density at radius 3 is 2.61 bits per heavy atom. The summed E-state index contributed by atoms with van der Waals surface area (Å²) in [5.74, 6) is -1.44. The van der Waals surface area contributed by atoms with E-state index in [-0.39, 0.29) is 0 Å². The van der Waals surface area contributed by atoms with Gasteiger partial charge in [-0.05, 0) is 43.1 Å². The average molecular weight is 502 g/mol. The second-order valence-electron chi connectivity index (χ2n) is 8.54. The molecular weight excluding hydrogens is 475 g/mol. The van der Waals surface area contributed by atoms with Crippen LogP contribution in [-0.4, -0.2) is 49.8 Å². The van der Waals surface area contributed by atoms with Crippen molar-refractivity contribution in [1.29, 1.82) is 0 Å². The number of benzene rings is 1. The molecule has 0 spiro atoms. The monoisotopic (exact) mass is 501 g/mol. The van der Waals surface area contributed by atoms with E-state index in [1.54, 1.807) is 6.26 Å². The van der Waals surface area contributed by atoms with Crippen LogP contribution in [0.25, 0.3) is 5.65 Å². The second kappa shape index (κ2) is 11.3. The molecule has 1 aromatic carbocycles. The van der Waals surface area contributed by atoms with Crippen LogP contribution in [0, 0.1) is 0 Å². The van der Waals surface area contributed by atoms with Crippen LogP contribution in [0.5, 0.6) is 0 Å². The van der Waals surface area contributed by atoms with Gasteiger partial charge in [0.05, 0.1) is 24.4 Å². The molecule has 0 bridgehead atoms. The fraction of sp³-hybridized carbons (Fsp3) is 0.320. The van der Waals surface area contributed by atoms with Crippen LogP contribution in [0.4, 0.5) is 18.9 Å². The number of carbonyl (C=O) groups is 1. The summed E-state index contributed by atoms with van der Waals surface area (Å²) in [6.07, 6.45) is 2.82. The molecule has 11 heteroatoms. The van der Waals surface area contributed by atoms with Crippen molar-refractivity contribution in [1.82, 2.24) is 19.5 Å². The topological polar surface area (TPSA) is 95.9 Å². The molecule has 4 aromatic rings. The minimum absolute atomic E-state index is 0.372. The van der Waals surface area contributed by atoms with E-state index >= 15 is 0 Å². The molecule has 190 valence electrons. The van der Waals surface area contributed by atoms with Gasteiger partial charge in [-0.3, -0.25) is 4.90 Å². The molecule has 0 saturated carbocycles. The Morgan fingerprint density at radius 1 is 1.14 bits per heavy atom. The molecule has 36 heavy (non-hydrogen) atoms. The summed E-state index contributed by atoms with van der Waals surface area (Å²) in [6, 6.07) is 16.5. The summed E-state index contributed by atoms with van der Waals surface area (Å²) < 4.78 is 38.8. The fourth-order valence-corrected chi connectivity index (χ4v) is 4.03. The lowest BCUT2D eigenvalue weighted by Gasteiger charge is -2.30. The molecule has 1 aliphatic rings. The van der Waals surface area contributed by atoms with E-state index in [1.165, 1.54) is 17.5 Å². The number of piperidine rings is 1. The van der Waals surface area contributed by atoms with Crippen molar-refractivity contribution in [3.8, 4) is 0 Å². The smallest absolute Gasteiger partial charge is 0.475 e. The molecule has 2 N–H and O–H groups in total. The molecule has 1 unspecified atom stereocenters. The first-order valence-corrected chi connectivity index (χ1v) is 11.5. The number of hydrogen-bond acceptors (Lipinski definition) is 6. The van der Waals surface area contributed by atoms with Crippen molar-refractivity contribution in [3.05, 3.63) is 84.2 Å². The number of nitrogens with one attached hydrogen (secondary N) is 1. The highest BCUT2D eigenvalue weighted by atomic mass is 19.4. The number of rotatable bonds is 6. The molecule has 5 rings (SSSR count). The van der Waals surface area contributed by atoms with E-state index in [1.807, 2.05) is 35.2 Å². The number of carboxylic acid groups (broad SMARTS) is 1. The minimum Gasteiger partial charge on any atom is -0.475 e. The number of furan rings is 1. The first-order chi connectivity index (χ1) is 17.3. The van der Waals surface area contributed by atoms with Crippen LogP contribution >= 0.6 is 0 Å². The first-order valence-electron chi connectivity index (χ1n) is 11.5. The molecule has 4 heterocycles. The lowest BCUT2D eigenvalue weighted by Crippen LogP contribution is -2.34. The third kappa shape index (κ3) is 6.85. The molecule has 1 atom stereocenters. The number of aliphatic carboxylic acids is 1. The highest BCUT2D eigenvalue weighted by Gasteiger charge is 2.38. The Kier molecular flexibility index (Phi) is 7.89. The molecule has 3 aromatic heterocycles. The van der Waals surface area contributed by atoms with Crippen molar-refractivity contribution < 1.29 is 27.5 Å². The summed E-state index contributed by atoms with van der Waals surface area (Å²) in [5, 5.41) is 15.4. The number of anilines is 1. The van der Waals surface area contributed by atoms with Crippen molar-refractivity contribution >= 4 is 17.3 Å². The molecule has 0 radical (unpaired) electrons. The highest BCUT2D eigenvalue weighted by Crippen LogP contribution is 2.26. The molecule has 0 aliphatic carbocycles. The minimum atomic E-state index is -5.08. The van der Waals surface area contributed by atoms with Gasteiger partial charge in [0.1, 0.15) is 0 Å². The summed E-state index contributed by atoms with van der Waals surface area (Å²) >= 11 is 0. The maximum Gasteiger partial charge on any atom is 0.490 e. The summed E-state index contributed by atoms with van der Waals surface area (Å²) in [5.41, 5.74) is 4.43. The Hall–Kier alpha value is -3.86. The summed E-state index contributed by atoms with van der Waals surface area (Å²) in [4.78, 5) is 16.2. The Labute approximate surface area is 205 Å². The second-order valence-corrected chi connectivity index (χ2v) is 8.54. The van der Waals surface area contributed by atoms with Crippen LogP contribution < -0.4 is 5.32 Å². The number of alkyl halides is 3. The van der Waals surface area contributed by atoms with Crippen molar-refractivity contribution in [2.75, 3.05) is 18.4 Å². The van der Waals surface area contributed by atoms with Gasteiger partial charge in [-0.25, -0.2) is 14.3 Å². The van der Waals surface area contributed by atoms with E-state index < -0.39 is 12.1 Å². The molecule has 1 fully saturated rings. The summed E-state index contributed by atoms with van der Waals surface area (Å²) in [7, 11) is 0. The van der Waals surface area contributed by atoms with Gasteiger partial charge in [0.25, 0.3) is 0 Å². The average Bonchev–Trinajstić information content (AvgIpc) is 3.53. The predicted molar refractivity (Wildman–Crippen MR) is 126 cm³/mol. The number of aromatic nitrogens is 3. The fourth-order valence-electron chi connectivity index (χ4n) is 4.03. The van der Waals surface area contributed by atoms with Crippen LogP contribution in [0.2, 0.25) is 0 Å². The van der Waals surface area contributed by atoms with Crippen LogP contribution in [0.15, 0.2) is 71.7 Å². The maximum absolute atomic E-state index is 10.6. The maximum atomic E-state index is 10.6. The van der Waals surface area contributed by atoms with Gasteiger partial charge in [-0.2, -0.15) is 18.3 Å². The lowest BCUT2D eigenvalue weighted by molar-refractivity contribution is -0.192. The van der Waals surface area contributed by atoms with Gasteiger partial charge in [0, 0.05) is 31.1 Å². The number of likely N-dealkylation sites (tertiary alicyclic amines) is 1. The zero-order chi connectivity index (χ0) is 25.5. The molecular formula is C25H26F3N5O3. The number of pyridine rings is 1. The first kappa shape index (κ1) is 25.2. The Balaban J connectivity index is 0.000000384. The number of carboxylic acids is 1. The predicted octanol–water partition coefficient (Wildman–Crippen LogP) is 4.95. The molecule has 1 aliphatic heterocycles. The highest BCUT2D eigenvalue weighted by molar-refractivity contribution is 5.73. The van der Waals surface area contributed by atoms with E-state index in [0.29, 0.717) is 5.92 Å². The van der Waals surface area contributed by atoms with Crippen LogP contribution in [-0.2, 0) is 17.9 Å². The SMILES string of the molecule is O=C(O)C(F)(F)F.c1ccc(CNc2ccc3nc(C4CCCN(Cc5ccoc5)C4)nn3c2)cc1. The quantitative estimate of drug-likeness (QED) is 0.386. The van der Waals surface area contributed by atoms with Crippen molar-refractivity contribution in [2.45, 2.75) is 38.0 Å². The van der Waals surface area contributed by atoms with Gasteiger partial charge in [0.2, 0.25) is 0 Å². The van der Waals surface area contributed by atoms with E-state index in [2.05, 4.69) is 40.5 Å². The van der Waals surface area contributed by atoms with Gasteiger partial charge in [0.15, 0.2) is 11.5 Å². The zero-order valence-electron chi connectivity index (χ0n) is 19.4. The van der Waals surface area contributed by atoms with Crippen LogP contribution in [0.1, 0.15) is 35.7 Å². The Bertz CT molecular complexity index is 1260. The van der Waals surface area contributed by atoms with Gasteiger partial charge in [-0.1, -0.05) is 30.3 Å². The van der Waals surface area contributed by atoms with Gasteiger partial charge < -0.3 is 14.8 Å². The normalized spacial score (nSPS) is 16.4.